The van der Waals surface area contributed by atoms with Crippen molar-refractivity contribution in [3.8, 4) is 0 Å². The molecule has 0 saturated carbocycles. The summed E-state index contributed by atoms with van der Waals surface area (Å²) in [7, 11) is -3.57. The van der Waals surface area contributed by atoms with Crippen molar-refractivity contribution in [1.82, 2.24) is 19.3 Å². The molecule has 0 unspecified atom stereocenters. The van der Waals surface area contributed by atoms with Gasteiger partial charge in [0, 0.05) is 19.2 Å². The maximum atomic E-state index is 12.5. The molecule has 2 aromatic carbocycles. The van der Waals surface area contributed by atoms with Crippen LogP contribution in [0.25, 0.3) is 16.4 Å². The molecule has 2 heterocycles. The number of hydrogen-bond donors (Lipinski definition) is 1. The number of hydrogen-bond acceptors (Lipinski definition) is 4. The van der Waals surface area contributed by atoms with Gasteiger partial charge < -0.3 is 0 Å². The van der Waals surface area contributed by atoms with Gasteiger partial charge in [-0.1, -0.05) is 36.4 Å². The Bertz CT molecular complexity index is 1150. The number of fused-ring (bicyclic) bond motifs is 2. The van der Waals surface area contributed by atoms with Gasteiger partial charge in [-0.3, -0.25) is 4.40 Å². The van der Waals surface area contributed by atoms with Crippen LogP contribution >= 0.6 is 0 Å². The average molecular weight is 352 g/mol. The third kappa shape index (κ3) is 3.11. The van der Waals surface area contributed by atoms with Gasteiger partial charge in [-0.2, -0.15) is 0 Å². The second kappa shape index (κ2) is 6.27. The lowest BCUT2D eigenvalue weighted by atomic mass is 10.1. The summed E-state index contributed by atoms with van der Waals surface area (Å²) in [6.07, 6.45) is 2.32. The summed E-state index contributed by atoms with van der Waals surface area (Å²) in [5, 5.41) is 10.1. The third-order valence-corrected chi connectivity index (χ3v) is 5.51. The van der Waals surface area contributed by atoms with Gasteiger partial charge in [0.15, 0.2) is 5.65 Å². The van der Waals surface area contributed by atoms with E-state index in [-0.39, 0.29) is 11.4 Å². The number of rotatable bonds is 5. The number of sulfonamides is 1. The van der Waals surface area contributed by atoms with Crippen LogP contribution < -0.4 is 4.72 Å². The van der Waals surface area contributed by atoms with Crippen LogP contribution in [-0.2, 0) is 16.4 Å². The van der Waals surface area contributed by atoms with Crippen molar-refractivity contribution in [2.45, 2.75) is 11.3 Å². The van der Waals surface area contributed by atoms with E-state index in [1.165, 1.54) is 0 Å². The fourth-order valence-electron chi connectivity index (χ4n) is 2.78. The standard InChI is InChI=1S/C18H16N4O2S/c23-25(24,16-9-8-14-5-1-2-6-15(14)13-16)19-11-10-18-21-20-17-7-3-4-12-22(17)18/h1-9,12-13,19H,10-11H2. The summed E-state index contributed by atoms with van der Waals surface area (Å²) in [5.41, 5.74) is 0.745. The molecule has 0 aliphatic heterocycles. The van der Waals surface area contributed by atoms with Gasteiger partial charge in [0.25, 0.3) is 0 Å². The SMILES string of the molecule is O=S(=O)(NCCc1nnc2ccccn12)c1ccc2ccccc2c1. The van der Waals surface area contributed by atoms with Crippen molar-refractivity contribution in [3.63, 3.8) is 0 Å². The van der Waals surface area contributed by atoms with Crippen LogP contribution in [0.4, 0.5) is 0 Å². The van der Waals surface area contributed by atoms with Crippen molar-refractivity contribution >= 4 is 26.4 Å². The minimum Gasteiger partial charge on any atom is -0.286 e. The van der Waals surface area contributed by atoms with E-state index in [0.717, 1.165) is 22.2 Å². The first-order valence-corrected chi connectivity index (χ1v) is 9.39. The van der Waals surface area contributed by atoms with Crippen molar-refractivity contribution in [1.29, 1.82) is 0 Å². The van der Waals surface area contributed by atoms with Crippen LogP contribution in [0.3, 0.4) is 0 Å². The first-order chi connectivity index (χ1) is 12.1. The molecular formula is C18H16N4O2S. The number of pyridine rings is 1. The molecule has 2 aromatic heterocycles. The highest BCUT2D eigenvalue weighted by Crippen LogP contribution is 2.18. The number of nitrogens with one attached hydrogen (secondary N) is 1. The minimum atomic E-state index is -3.57. The van der Waals surface area contributed by atoms with E-state index in [4.69, 9.17) is 0 Å². The lowest BCUT2D eigenvalue weighted by molar-refractivity contribution is 0.581. The molecule has 0 spiro atoms. The fourth-order valence-corrected chi connectivity index (χ4v) is 3.84. The van der Waals surface area contributed by atoms with Crippen LogP contribution in [0.5, 0.6) is 0 Å². The molecule has 0 radical (unpaired) electrons. The highest BCUT2D eigenvalue weighted by molar-refractivity contribution is 7.89. The van der Waals surface area contributed by atoms with Gasteiger partial charge in [0.2, 0.25) is 10.0 Å². The Balaban J connectivity index is 1.51. The quantitative estimate of drug-likeness (QED) is 0.598. The zero-order chi connectivity index (χ0) is 17.3. The third-order valence-electron chi connectivity index (χ3n) is 4.06. The van der Waals surface area contributed by atoms with E-state index in [1.807, 2.05) is 59.1 Å². The normalized spacial score (nSPS) is 12.0. The summed E-state index contributed by atoms with van der Waals surface area (Å²) < 4.78 is 29.5. The molecule has 0 bridgehead atoms. The summed E-state index contributed by atoms with van der Waals surface area (Å²) >= 11 is 0. The predicted octanol–water partition coefficient (Wildman–Crippen LogP) is 2.40. The molecule has 126 valence electrons. The van der Waals surface area contributed by atoms with E-state index < -0.39 is 10.0 Å². The summed E-state index contributed by atoms with van der Waals surface area (Å²) in [6.45, 7) is 0.255. The molecular weight excluding hydrogens is 336 g/mol. The van der Waals surface area contributed by atoms with Crippen LogP contribution in [0, 0.1) is 0 Å². The van der Waals surface area contributed by atoms with Crippen molar-refractivity contribution < 1.29 is 8.42 Å². The van der Waals surface area contributed by atoms with Crippen LogP contribution in [0.2, 0.25) is 0 Å². The molecule has 0 aliphatic carbocycles. The molecule has 25 heavy (non-hydrogen) atoms. The van der Waals surface area contributed by atoms with E-state index >= 15 is 0 Å². The minimum absolute atomic E-state index is 0.255. The zero-order valence-electron chi connectivity index (χ0n) is 13.3. The van der Waals surface area contributed by atoms with E-state index in [0.29, 0.717) is 6.42 Å². The Morgan fingerprint density at radius 3 is 2.60 bits per heavy atom. The van der Waals surface area contributed by atoms with E-state index in [1.54, 1.807) is 12.1 Å². The first-order valence-electron chi connectivity index (χ1n) is 7.91. The Hall–Kier alpha value is -2.77. The Morgan fingerprint density at radius 1 is 0.920 bits per heavy atom. The topological polar surface area (TPSA) is 76.4 Å². The Morgan fingerprint density at radius 2 is 1.72 bits per heavy atom. The van der Waals surface area contributed by atoms with Gasteiger partial charge in [0.1, 0.15) is 5.82 Å². The summed E-state index contributed by atoms with van der Waals surface area (Å²) in [6, 6.07) is 18.4. The molecule has 4 rings (SSSR count). The van der Waals surface area contributed by atoms with Gasteiger partial charge >= 0.3 is 0 Å². The number of nitrogens with zero attached hydrogens (tertiary/aromatic N) is 3. The number of aromatic nitrogens is 3. The second-order valence-electron chi connectivity index (χ2n) is 5.70. The highest BCUT2D eigenvalue weighted by atomic mass is 32.2. The fraction of sp³-hybridized carbons (Fsp3) is 0.111. The molecule has 4 aromatic rings. The maximum absolute atomic E-state index is 12.5. The lowest BCUT2D eigenvalue weighted by Gasteiger charge is -2.07. The number of benzene rings is 2. The molecule has 1 N–H and O–H groups in total. The van der Waals surface area contributed by atoms with Gasteiger partial charge in [-0.25, -0.2) is 13.1 Å². The monoisotopic (exact) mass is 352 g/mol. The van der Waals surface area contributed by atoms with Gasteiger partial charge in [-0.15, -0.1) is 10.2 Å². The predicted molar refractivity (Wildman–Crippen MR) is 95.8 cm³/mol. The van der Waals surface area contributed by atoms with Gasteiger partial charge in [0.05, 0.1) is 4.90 Å². The molecule has 6 nitrogen and oxygen atoms in total. The van der Waals surface area contributed by atoms with E-state index in [2.05, 4.69) is 14.9 Å². The Labute approximate surface area is 145 Å². The molecule has 0 atom stereocenters. The summed E-state index contributed by atoms with van der Waals surface area (Å²) in [5.74, 6) is 0.719. The highest BCUT2D eigenvalue weighted by Gasteiger charge is 2.14. The first kappa shape index (κ1) is 15.7. The summed E-state index contributed by atoms with van der Waals surface area (Å²) in [4.78, 5) is 0.261. The zero-order valence-corrected chi connectivity index (χ0v) is 14.1. The van der Waals surface area contributed by atoms with Crippen LogP contribution in [0.15, 0.2) is 71.8 Å². The van der Waals surface area contributed by atoms with Gasteiger partial charge in [-0.05, 0) is 35.0 Å². The largest absolute Gasteiger partial charge is 0.286 e. The van der Waals surface area contributed by atoms with Crippen molar-refractivity contribution in [2.75, 3.05) is 6.54 Å². The van der Waals surface area contributed by atoms with Crippen molar-refractivity contribution in [3.05, 3.63) is 72.7 Å². The average Bonchev–Trinajstić information content (AvgIpc) is 3.04. The lowest BCUT2D eigenvalue weighted by Crippen LogP contribution is -2.26. The molecule has 0 saturated heterocycles. The molecule has 7 heteroatoms. The second-order valence-corrected chi connectivity index (χ2v) is 7.47. The van der Waals surface area contributed by atoms with Crippen molar-refractivity contribution in [2.24, 2.45) is 0 Å². The Kier molecular flexibility index (Phi) is 3.95. The van der Waals surface area contributed by atoms with Crippen LogP contribution in [0.1, 0.15) is 5.82 Å². The molecule has 0 amide bonds. The van der Waals surface area contributed by atoms with Crippen LogP contribution in [-0.4, -0.2) is 29.6 Å². The molecule has 0 fully saturated rings. The van der Waals surface area contributed by atoms with E-state index in [9.17, 15) is 8.42 Å². The smallest absolute Gasteiger partial charge is 0.240 e. The maximum Gasteiger partial charge on any atom is 0.240 e. The molecule has 0 aliphatic rings.